The first-order chi connectivity index (χ1) is 10.6. The molecule has 0 N–H and O–H groups in total. The van der Waals surface area contributed by atoms with Crippen LogP contribution in [0, 0.1) is 10.1 Å². The third-order valence-electron chi connectivity index (χ3n) is 3.95. The van der Waals surface area contributed by atoms with Gasteiger partial charge in [0.15, 0.2) is 0 Å². The first kappa shape index (κ1) is 19.3. The van der Waals surface area contributed by atoms with Crippen molar-refractivity contribution in [3.63, 3.8) is 0 Å². The van der Waals surface area contributed by atoms with Crippen LogP contribution < -0.4 is 9.80 Å². The molecule has 0 bridgehead atoms. The van der Waals surface area contributed by atoms with Crippen LogP contribution in [-0.4, -0.2) is 29.1 Å². The average Bonchev–Trinajstić information content (AvgIpc) is 2.38. The van der Waals surface area contributed by atoms with Crippen molar-refractivity contribution < 1.29 is 4.92 Å². The molecule has 0 aromatic heterocycles. The highest BCUT2D eigenvalue weighted by Gasteiger charge is 2.25. The van der Waals surface area contributed by atoms with Crippen LogP contribution in [0.15, 0.2) is 18.2 Å². The third kappa shape index (κ3) is 4.36. The van der Waals surface area contributed by atoms with E-state index in [0.29, 0.717) is 12.1 Å². The maximum atomic E-state index is 11.2. The molecule has 0 aliphatic rings. The Morgan fingerprint density at radius 2 is 1.17 bits per heavy atom. The summed E-state index contributed by atoms with van der Waals surface area (Å²) in [4.78, 5) is 15.5. The first-order valence-corrected chi connectivity index (χ1v) is 8.43. The van der Waals surface area contributed by atoms with Crippen molar-refractivity contribution >= 4 is 17.1 Å². The summed E-state index contributed by atoms with van der Waals surface area (Å²) in [6.45, 7) is 17.1. The molecule has 1 rings (SSSR count). The molecule has 0 aliphatic heterocycles. The second kappa shape index (κ2) is 7.66. The Morgan fingerprint density at radius 1 is 0.783 bits per heavy atom. The second-order valence-corrected chi connectivity index (χ2v) is 7.12. The number of rotatable bonds is 7. The summed E-state index contributed by atoms with van der Waals surface area (Å²) >= 11 is 0. The van der Waals surface area contributed by atoms with Gasteiger partial charge in [0.05, 0.1) is 16.3 Å². The maximum absolute atomic E-state index is 11.2. The fourth-order valence-electron chi connectivity index (χ4n) is 3.36. The van der Waals surface area contributed by atoms with Crippen LogP contribution in [0.25, 0.3) is 0 Å². The summed E-state index contributed by atoms with van der Waals surface area (Å²) in [5.41, 5.74) is 2.14. The molecule has 0 saturated carbocycles. The van der Waals surface area contributed by atoms with Crippen molar-refractivity contribution in [3.8, 4) is 0 Å². The fraction of sp³-hybridized carbons (Fsp3) is 0.667. The molecule has 1 aromatic rings. The van der Waals surface area contributed by atoms with Crippen molar-refractivity contribution in [2.45, 2.75) is 79.6 Å². The minimum absolute atomic E-state index is 0.141. The third-order valence-corrected chi connectivity index (χ3v) is 3.95. The summed E-state index contributed by atoms with van der Waals surface area (Å²) in [5, 5.41) is 11.2. The zero-order valence-electron chi connectivity index (χ0n) is 15.7. The molecule has 0 heterocycles. The van der Waals surface area contributed by atoms with Crippen LogP contribution >= 0.6 is 0 Å². The van der Waals surface area contributed by atoms with E-state index in [1.165, 1.54) is 0 Å². The Kier molecular flexibility index (Phi) is 6.42. The Balaban J connectivity index is 3.59. The van der Waals surface area contributed by atoms with Crippen LogP contribution in [0.1, 0.15) is 55.4 Å². The number of anilines is 2. The van der Waals surface area contributed by atoms with E-state index in [9.17, 15) is 10.1 Å². The van der Waals surface area contributed by atoms with Crippen molar-refractivity contribution in [1.29, 1.82) is 0 Å². The molecule has 0 aliphatic carbocycles. The van der Waals surface area contributed by atoms with Gasteiger partial charge in [-0.2, -0.15) is 0 Å². The van der Waals surface area contributed by atoms with Gasteiger partial charge in [0.2, 0.25) is 0 Å². The zero-order chi connectivity index (χ0) is 17.9. The Morgan fingerprint density at radius 3 is 1.52 bits per heavy atom. The smallest absolute Gasteiger partial charge is 0.271 e. The molecule has 23 heavy (non-hydrogen) atoms. The average molecular weight is 321 g/mol. The van der Waals surface area contributed by atoms with Gasteiger partial charge in [-0.05, 0) is 61.5 Å². The van der Waals surface area contributed by atoms with Crippen molar-refractivity contribution in [2.24, 2.45) is 0 Å². The SMILES string of the molecule is CC(C)N(c1ccc([N+](=O)[O-])cc1N(C(C)C)C(C)C)C(C)C. The molecule has 0 radical (unpaired) electrons. The molecule has 0 amide bonds. The van der Waals surface area contributed by atoms with E-state index in [0.717, 1.165) is 11.4 Å². The van der Waals surface area contributed by atoms with Gasteiger partial charge in [-0.1, -0.05) is 0 Å². The van der Waals surface area contributed by atoms with Gasteiger partial charge in [-0.15, -0.1) is 0 Å². The summed E-state index contributed by atoms with van der Waals surface area (Å²) in [7, 11) is 0. The monoisotopic (exact) mass is 321 g/mol. The van der Waals surface area contributed by atoms with Crippen molar-refractivity contribution in [2.75, 3.05) is 9.80 Å². The van der Waals surface area contributed by atoms with E-state index in [-0.39, 0.29) is 22.7 Å². The summed E-state index contributed by atoms with van der Waals surface area (Å²) in [6.07, 6.45) is 0. The predicted octanol–water partition coefficient (Wildman–Crippen LogP) is 4.84. The van der Waals surface area contributed by atoms with Crippen LogP contribution in [-0.2, 0) is 0 Å². The summed E-state index contributed by atoms with van der Waals surface area (Å²) < 4.78 is 0. The lowest BCUT2D eigenvalue weighted by Crippen LogP contribution is -2.41. The summed E-state index contributed by atoms with van der Waals surface area (Å²) in [6, 6.07) is 6.37. The minimum Gasteiger partial charge on any atom is -0.365 e. The van der Waals surface area contributed by atoms with Crippen LogP contribution in [0.3, 0.4) is 0 Å². The number of nitro groups is 1. The normalized spacial score (nSPS) is 11.7. The van der Waals surface area contributed by atoms with Crippen LogP contribution in [0.5, 0.6) is 0 Å². The maximum Gasteiger partial charge on any atom is 0.271 e. The highest BCUT2D eigenvalue weighted by Crippen LogP contribution is 2.37. The number of hydrogen-bond acceptors (Lipinski definition) is 4. The molecular weight excluding hydrogens is 290 g/mol. The number of benzene rings is 1. The molecule has 0 spiro atoms. The van der Waals surface area contributed by atoms with E-state index in [4.69, 9.17) is 0 Å². The molecule has 0 fully saturated rings. The molecule has 5 heteroatoms. The van der Waals surface area contributed by atoms with Gasteiger partial charge in [-0.3, -0.25) is 10.1 Å². The van der Waals surface area contributed by atoms with Crippen LogP contribution in [0.2, 0.25) is 0 Å². The van der Waals surface area contributed by atoms with E-state index in [1.54, 1.807) is 12.1 Å². The highest BCUT2D eigenvalue weighted by atomic mass is 16.6. The zero-order valence-corrected chi connectivity index (χ0v) is 15.7. The Labute approximate surface area is 140 Å². The molecule has 130 valence electrons. The van der Waals surface area contributed by atoms with Gasteiger partial charge in [-0.25, -0.2) is 0 Å². The number of nitrogens with zero attached hydrogens (tertiary/aromatic N) is 3. The standard InChI is InChI=1S/C18H31N3O2/c1-12(2)19(13(3)4)17-10-9-16(21(22)23)11-18(17)20(14(5)6)15(7)8/h9-15H,1-8H3. The van der Waals surface area contributed by atoms with Gasteiger partial charge >= 0.3 is 0 Å². The highest BCUT2D eigenvalue weighted by molar-refractivity contribution is 5.75. The molecule has 0 saturated heterocycles. The van der Waals surface area contributed by atoms with Crippen LogP contribution in [0.4, 0.5) is 17.1 Å². The van der Waals surface area contributed by atoms with Gasteiger partial charge in [0, 0.05) is 36.3 Å². The molecular formula is C18H31N3O2. The van der Waals surface area contributed by atoms with E-state index >= 15 is 0 Å². The second-order valence-electron chi connectivity index (χ2n) is 7.12. The van der Waals surface area contributed by atoms with Gasteiger partial charge < -0.3 is 9.80 Å². The molecule has 1 aromatic carbocycles. The molecule has 0 unspecified atom stereocenters. The quantitative estimate of drug-likeness (QED) is 0.532. The Bertz CT molecular complexity index is 523. The first-order valence-electron chi connectivity index (χ1n) is 8.43. The largest absolute Gasteiger partial charge is 0.365 e. The van der Waals surface area contributed by atoms with Gasteiger partial charge in [0.1, 0.15) is 0 Å². The van der Waals surface area contributed by atoms with E-state index < -0.39 is 0 Å². The molecule has 5 nitrogen and oxygen atoms in total. The van der Waals surface area contributed by atoms with Gasteiger partial charge in [0.25, 0.3) is 5.69 Å². The minimum atomic E-state index is -0.318. The number of non-ortho nitro benzene ring substituents is 1. The molecule has 0 atom stereocenters. The van der Waals surface area contributed by atoms with E-state index in [1.807, 2.05) is 6.07 Å². The lowest BCUT2D eigenvalue weighted by molar-refractivity contribution is -0.384. The van der Waals surface area contributed by atoms with Crippen molar-refractivity contribution in [1.82, 2.24) is 0 Å². The van der Waals surface area contributed by atoms with E-state index in [2.05, 4.69) is 65.2 Å². The fourth-order valence-corrected chi connectivity index (χ4v) is 3.36. The number of nitro benzene ring substituents is 1. The predicted molar refractivity (Wildman–Crippen MR) is 98.6 cm³/mol. The van der Waals surface area contributed by atoms with Crippen molar-refractivity contribution in [3.05, 3.63) is 28.3 Å². The number of hydrogen-bond donors (Lipinski definition) is 0. The summed E-state index contributed by atoms with van der Waals surface area (Å²) in [5.74, 6) is 0. The lowest BCUT2D eigenvalue weighted by atomic mass is 10.1. The Hall–Kier alpha value is -1.78. The topological polar surface area (TPSA) is 49.6 Å². The lowest BCUT2D eigenvalue weighted by Gasteiger charge is -2.40.